The molecule has 0 radical (unpaired) electrons. The Bertz CT molecular complexity index is 1360. The molecule has 0 aromatic heterocycles. The molecule has 4 rings (SSSR count). The van der Waals surface area contributed by atoms with Gasteiger partial charge in [0.15, 0.2) is 0 Å². The molecule has 1 aliphatic rings. The molecule has 0 saturated heterocycles. The number of halogens is 1. The van der Waals surface area contributed by atoms with Gasteiger partial charge in [0.2, 0.25) is 0 Å². The number of hydrogen-bond acceptors (Lipinski definition) is 3. The van der Waals surface area contributed by atoms with E-state index in [2.05, 4.69) is 30.3 Å². The number of ether oxygens (including phenoxy) is 1. The molecule has 0 saturated carbocycles. The summed E-state index contributed by atoms with van der Waals surface area (Å²) >= 11 is 6.27. The van der Waals surface area contributed by atoms with Gasteiger partial charge in [0.1, 0.15) is 5.60 Å². The van der Waals surface area contributed by atoms with Crippen LogP contribution in [0.3, 0.4) is 0 Å². The minimum Gasteiger partial charge on any atom is -0.444 e. The van der Waals surface area contributed by atoms with Crippen LogP contribution in [0.15, 0.2) is 84.4 Å². The Morgan fingerprint density at radius 1 is 0.949 bits per heavy atom. The van der Waals surface area contributed by atoms with Crippen molar-refractivity contribution in [2.24, 2.45) is 0 Å². The molecule has 3 aromatic rings. The summed E-state index contributed by atoms with van der Waals surface area (Å²) in [5.41, 5.74) is 5.12. The van der Waals surface area contributed by atoms with Gasteiger partial charge in [-0.15, -0.1) is 0 Å². The van der Waals surface area contributed by atoms with Gasteiger partial charge in [0.05, 0.1) is 12.6 Å². The second kappa shape index (κ2) is 12.1. The molecule has 5 nitrogen and oxygen atoms in total. The van der Waals surface area contributed by atoms with Crippen LogP contribution in [0.5, 0.6) is 0 Å². The van der Waals surface area contributed by atoms with E-state index in [-0.39, 0.29) is 18.5 Å². The van der Waals surface area contributed by atoms with Gasteiger partial charge < -0.3 is 14.5 Å². The van der Waals surface area contributed by atoms with Crippen molar-refractivity contribution in [3.8, 4) is 11.1 Å². The summed E-state index contributed by atoms with van der Waals surface area (Å²) in [6.45, 7) is 10.7. The highest BCUT2D eigenvalue weighted by molar-refractivity contribution is 6.30. The van der Waals surface area contributed by atoms with Crippen molar-refractivity contribution >= 4 is 29.2 Å². The average molecular weight is 545 g/mol. The van der Waals surface area contributed by atoms with Crippen LogP contribution in [-0.2, 0) is 9.53 Å². The molecule has 39 heavy (non-hydrogen) atoms. The first-order chi connectivity index (χ1) is 18.6. The summed E-state index contributed by atoms with van der Waals surface area (Å²) in [5, 5.41) is 0.634. The Morgan fingerprint density at radius 3 is 2.28 bits per heavy atom. The van der Waals surface area contributed by atoms with E-state index in [4.69, 9.17) is 16.3 Å². The molecule has 0 N–H and O–H groups in total. The molecule has 204 valence electrons. The predicted molar refractivity (Wildman–Crippen MR) is 158 cm³/mol. The van der Waals surface area contributed by atoms with Crippen molar-refractivity contribution in [3.63, 3.8) is 0 Å². The summed E-state index contributed by atoms with van der Waals surface area (Å²) < 4.78 is 5.66. The second-order valence-corrected chi connectivity index (χ2v) is 11.3. The van der Waals surface area contributed by atoms with Crippen molar-refractivity contribution in [2.45, 2.75) is 52.7 Å². The van der Waals surface area contributed by atoms with E-state index in [1.165, 1.54) is 0 Å². The Hall–Kier alpha value is -3.57. The topological polar surface area (TPSA) is 49.9 Å². The minimum absolute atomic E-state index is 0.0849. The maximum absolute atomic E-state index is 14.3. The summed E-state index contributed by atoms with van der Waals surface area (Å²) in [6.07, 6.45) is 0.151. The first-order valence-electron chi connectivity index (χ1n) is 13.5. The molecule has 2 amide bonds. The monoisotopic (exact) mass is 544 g/mol. The summed E-state index contributed by atoms with van der Waals surface area (Å²) in [4.78, 5) is 30.8. The quantitative estimate of drug-likeness (QED) is 0.316. The standard InChI is InChI=1S/C33H37ClN2O3/c1-6-36(23(2)25-14-11-17-28(34)21-25)31(37)30-22-35(32(38)39-33(3,4)5)19-18-29(30)27-16-10-15-26(20-27)24-12-8-7-9-13-24/h7-17,20-21,23H,6,18-19,22H2,1-5H3. The molecule has 0 spiro atoms. The third-order valence-electron chi connectivity index (χ3n) is 6.97. The number of likely N-dealkylation sites (N-methyl/N-ethyl adjacent to an activating group) is 1. The van der Waals surface area contributed by atoms with Gasteiger partial charge in [0.25, 0.3) is 5.91 Å². The van der Waals surface area contributed by atoms with Gasteiger partial charge in [-0.2, -0.15) is 0 Å². The Morgan fingerprint density at radius 2 is 1.62 bits per heavy atom. The average Bonchev–Trinajstić information content (AvgIpc) is 2.92. The fourth-order valence-corrected chi connectivity index (χ4v) is 5.19. The SMILES string of the molecule is CCN(C(=O)C1=C(c2cccc(-c3ccccc3)c2)CCN(C(=O)OC(C)(C)C)C1)C(C)c1cccc(Cl)c1. The minimum atomic E-state index is -0.619. The Kier molecular flexibility index (Phi) is 8.81. The summed E-state index contributed by atoms with van der Waals surface area (Å²) in [5.74, 6) is -0.0849. The lowest BCUT2D eigenvalue weighted by atomic mass is 9.90. The summed E-state index contributed by atoms with van der Waals surface area (Å²) in [7, 11) is 0. The van der Waals surface area contributed by atoms with E-state index in [1.807, 2.05) is 88.0 Å². The molecule has 0 fully saturated rings. The van der Waals surface area contributed by atoms with Crippen LogP contribution in [0.2, 0.25) is 5.02 Å². The van der Waals surface area contributed by atoms with Crippen LogP contribution in [0, 0.1) is 0 Å². The smallest absolute Gasteiger partial charge is 0.410 e. The van der Waals surface area contributed by atoms with Gasteiger partial charge in [-0.05, 0) is 87.1 Å². The van der Waals surface area contributed by atoms with Gasteiger partial charge in [-0.1, -0.05) is 72.3 Å². The first-order valence-corrected chi connectivity index (χ1v) is 13.9. The van der Waals surface area contributed by atoms with Crippen LogP contribution in [0.1, 0.15) is 58.2 Å². The number of nitrogens with zero attached hydrogens (tertiary/aromatic N) is 2. The highest BCUT2D eigenvalue weighted by Crippen LogP contribution is 2.34. The van der Waals surface area contributed by atoms with E-state index >= 15 is 0 Å². The zero-order valence-electron chi connectivity index (χ0n) is 23.4. The van der Waals surface area contributed by atoms with Gasteiger partial charge in [-0.25, -0.2) is 4.79 Å². The fourth-order valence-electron chi connectivity index (χ4n) is 4.99. The van der Waals surface area contributed by atoms with Crippen molar-refractivity contribution in [1.82, 2.24) is 9.80 Å². The summed E-state index contributed by atoms with van der Waals surface area (Å²) in [6, 6.07) is 25.9. The number of hydrogen-bond donors (Lipinski definition) is 0. The molecule has 1 aliphatic heterocycles. The number of carbonyl (C=O) groups is 2. The predicted octanol–water partition coefficient (Wildman–Crippen LogP) is 8.01. The van der Waals surface area contributed by atoms with Crippen LogP contribution in [-0.4, -0.2) is 47.0 Å². The lowest BCUT2D eigenvalue weighted by Crippen LogP contribution is -2.44. The van der Waals surface area contributed by atoms with E-state index in [9.17, 15) is 9.59 Å². The van der Waals surface area contributed by atoms with E-state index in [0.29, 0.717) is 30.1 Å². The number of amides is 2. The molecule has 1 unspecified atom stereocenters. The lowest BCUT2D eigenvalue weighted by Gasteiger charge is -2.36. The van der Waals surface area contributed by atoms with Crippen molar-refractivity contribution in [2.75, 3.05) is 19.6 Å². The normalized spacial score (nSPS) is 14.7. The molecule has 1 heterocycles. The number of rotatable bonds is 6. The molecule has 6 heteroatoms. The van der Waals surface area contributed by atoms with Crippen molar-refractivity contribution in [1.29, 1.82) is 0 Å². The largest absolute Gasteiger partial charge is 0.444 e. The zero-order valence-corrected chi connectivity index (χ0v) is 24.2. The van der Waals surface area contributed by atoms with E-state index in [1.54, 1.807) is 4.90 Å². The molecule has 0 aliphatic carbocycles. The molecular weight excluding hydrogens is 508 g/mol. The van der Waals surface area contributed by atoms with Gasteiger partial charge >= 0.3 is 6.09 Å². The van der Waals surface area contributed by atoms with E-state index in [0.717, 1.165) is 27.8 Å². The van der Waals surface area contributed by atoms with E-state index < -0.39 is 11.7 Å². The highest BCUT2D eigenvalue weighted by Gasteiger charge is 2.33. The van der Waals surface area contributed by atoms with Crippen LogP contribution in [0.25, 0.3) is 16.7 Å². The maximum Gasteiger partial charge on any atom is 0.410 e. The van der Waals surface area contributed by atoms with Crippen LogP contribution < -0.4 is 0 Å². The third-order valence-corrected chi connectivity index (χ3v) is 7.21. The molecule has 3 aromatic carbocycles. The Balaban J connectivity index is 1.75. The number of benzene rings is 3. The number of carbonyl (C=O) groups excluding carboxylic acids is 2. The third kappa shape index (κ3) is 6.90. The molecular formula is C33H37ClN2O3. The lowest BCUT2D eigenvalue weighted by molar-refractivity contribution is -0.129. The highest BCUT2D eigenvalue weighted by atomic mass is 35.5. The Labute approximate surface area is 237 Å². The van der Waals surface area contributed by atoms with Crippen molar-refractivity contribution < 1.29 is 14.3 Å². The van der Waals surface area contributed by atoms with Gasteiger partial charge in [-0.3, -0.25) is 4.79 Å². The van der Waals surface area contributed by atoms with Gasteiger partial charge in [0, 0.05) is 23.7 Å². The molecule has 0 bridgehead atoms. The van der Waals surface area contributed by atoms with Crippen LogP contribution in [0.4, 0.5) is 4.79 Å². The maximum atomic E-state index is 14.3. The fraction of sp³-hybridized carbons (Fsp3) is 0.333. The first kappa shape index (κ1) is 28.4. The molecule has 1 atom stereocenters. The zero-order chi connectivity index (χ0) is 28.2. The second-order valence-electron chi connectivity index (χ2n) is 10.9. The van der Waals surface area contributed by atoms with Crippen LogP contribution >= 0.6 is 11.6 Å². The van der Waals surface area contributed by atoms with Crippen molar-refractivity contribution in [3.05, 3.63) is 101 Å².